The molecule has 2 amide bonds. The van der Waals surface area contributed by atoms with Crippen LogP contribution in [-0.4, -0.2) is 61.5 Å². The fourth-order valence-corrected chi connectivity index (χ4v) is 4.86. The van der Waals surface area contributed by atoms with Gasteiger partial charge in [0.15, 0.2) is 17.7 Å². The highest BCUT2D eigenvalue weighted by atomic mass is 16.5. The van der Waals surface area contributed by atoms with Gasteiger partial charge in [0.2, 0.25) is 0 Å². The number of carbonyl (C=O) groups excluding carboxylic acids is 2. The number of allylic oxidation sites excluding steroid dienone is 1. The van der Waals surface area contributed by atoms with Gasteiger partial charge in [0.25, 0.3) is 0 Å². The van der Waals surface area contributed by atoms with Crippen LogP contribution in [0.4, 0.5) is 4.79 Å². The van der Waals surface area contributed by atoms with Gasteiger partial charge < -0.3 is 39.3 Å². The Labute approximate surface area is 250 Å². The highest BCUT2D eigenvalue weighted by molar-refractivity contribution is 5.95. The van der Waals surface area contributed by atoms with E-state index in [1.807, 2.05) is 51.1 Å². The number of esters is 1. The van der Waals surface area contributed by atoms with Crippen molar-refractivity contribution in [2.75, 3.05) is 27.4 Å². The minimum absolute atomic E-state index is 0.127. The maximum absolute atomic E-state index is 12.4. The van der Waals surface area contributed by atoms with E-state index in [9.17, 15) is 14.7 Å². The van der Waals surface area contributed by atoms with Crippen LogP contribution in [0.15, 0.2) is 64.9 Å². The number of nitrogens with one attached hydrogen (secondary N) is 3. The predicted molar refractivity (Wildman–Crippen MR) is 161 cm³/mol. The molecule has 0 unspecified atom stereocenters. The van der Waals surface area contributed by atoms with Crippen LogP contribution in [0, 0.1) is 13.8 Å². The second-order valence-corrected chi connectivity index (χ2v) is 9.77. The number of nitrogens with zero attached hydrogens (tertiary/aromatic N) is 2. The molecule has 43 heavy (non-hydrogen) atoms. The van der Waals surface area contributed by atoms with Crippen LogP contribution in [0.2, 0.25) is 0 Å². The summed E-state index contributed by atoms with van der Waals surface area (Å²) in [4.78, 5) is 24.6. The molecule has 0 saturated carbocycles. The molecule has 0 radical (unpaired) electrons. The predicted octanol–water partition coefficient (Wildman–Crippen LogP) is 3.62. The maximum Gasteiger partial charge on any atom is 0.337 e. The maximum atomic E-state index is 12.4. The van der Waals surface area contributed by atoms with Crippen molar-refractivity contribution in [2.24, 2.45) is 5.10 Å². The molecule has 0 aliphatic carbocycles. The highest BCUT2D eigenvalue weighted by Crippen LogP contribution is 2.35. The molecule has 3 aromatic rings. The fourth-order valence-electron chi connectivity index (χ4n) is 4.86. The molecule has 1 aliphatic rings. The Morgan fingerprint density at radius 1 is 1.09 bits per heavy atom. The summed E-state index contributed by atoms with van der Waals surface area (Å²) in [5.41, 5.74) is 7.88. The van der Waals surface area contributed by atoms with Crippen molar-refractivity contribution in [3.8, 4) is 22.9 Å². The summed E-state index contributed by atoms with van der Waals surface area (Å²) in [6, 6.07) is 13.7. The molecular formula is C31H37N5O7. The lowest BCUT2D eigenvalue weighted by Crippen LogP contribution is -2.45. The second-order valence-electron chi connectivity index (χ2n) is 9.77. The van der Waals surface area contributed by atoms with Crippen LogP contribution in [-0.2, 0) is 9.53 Å². The SMILES string of the molecule is CCOc1cc([C@H]2NC(=O)NC(C)=C2C(=O)OC)ccc1OC[C@@H](O)N/N=C\c1cc(C)n(-c2ccc(OC)cc2)c1C. The molecule has 12 heteroatoms. The van der Waals surface area contributed by atoms with Gasteiger partial charge >= 0.3 is 12.0 Å². The zero-order valence-electron chi connectivity index (χ0n) is 25.1. The van der Waals surface area contributed by atoms with E-state index in [1.54, 1.807) is 38.4 Å². The third-order valence-corrected chi connectivity index (χ3v) is 6.90. The molecule has 0 saturated heterocycles. The molecule has 2 heterocycles. The minimum atomic E-state index is -1.12. The summed E-state index contributed by atoms with van der Waals surface area (Å²) in [6.07, 6.45) is 0.531. The zero-order valence-corrected chi connectivity index (χ0v) is 25.1. The van der Waals surface area contributed by atoms with Crippen LogP contribution in [0.5, 0.6) is 17.2 Å². The first-order valence-corrected chi connectivity index (χ1v) is 13.7. The van der Waals surface area contributed by atoms with Crippen LogP contribution in [0.3, 0.4) is 0 Å². The normalized spacial score (nSPS) is 15.5. The van der Waals surface area contributed by atoms with E-state index in [1.165, 1.54) is 7.11 Å². The molecule has 12 nitrogen and oxygen atoms in total. The highest BCUT2D eigenvalue weighted by Gasteiger charge is 2.32. The average molecular weight is 592 g/mol. The number of aliphatic hydroxyl groups is 1. The number of benzene rings is 2. The minimum Gasteiger partial charge on any atom is -0.497 e. The largest absolute Gasteiger partial charge is 0.497 e. The molecule has 0 bridgehead atoms. The van der Waals surface area contributed by atoms with Gasteiger partial charge in [0.1, 0.15) is 12.4 Å². The standard InChI is InChI=1S/C31H37N5O7/c1-7-42-26-15-21(29-28(30(38)41-6)19(3)33-31(39)34-29)8-13-25(26)43-17-27(37)35-32-16-22-14-18(2)36(20(22)4)23-9-11-24(40-5)12-10-23/h8-16,27,29,35,37H,7,17H2,1-6H3,(H2,33,34,39)/b32-16-/t27-,29-/m1/s1. The summed E-state index contributed by atoms with van der Waals surface area (Å²) < 4.78 is 23.9. The molecule has 4 N–H and O–H groups in total. The van der Waals surface area contributed by atoms with Crippen LogP contribution < -0.4 is 30.3 Å². The number of hydrogen-bond acceptors (Lipinski definition) is 9. The van der Waals surface area contributed by atoms with Gasteiger partial charge in [-0.3, -0.25) is 5.43 Å². The summed E-state index contributed by atoms with van der Waals surface area (Å²) >= 11 is 0. The Morgan fingerprint density at radius 2 is 1.84 bits per heavy atom. The first kappa shape index (κ1) is 31.0. The molecule has 2 atom stereocenters. The zero-order chi connectivity index (χ0) is 31.1. The number of hydrogen-bond donors (Lipinski definition) is 4. The molecule has 0 spiro atoms. The Kier molecular flexibility index (Phi) is 9.94. The number of rotatable bonds is 12. The number of urea groups is 1. The number of hydrazone groups is 1. The van der Waals surface area contributed by atoms with E-state index >= 15 is 0 Å². The van der Waals surface area contributed by atoms with Crippen molar-refractivity contribution in [1.82, 2.24) is 20.6 Å². The van der Waals surface area contributed by atoms with Gasteiger partial charge in [-0.15, -0.1) is 0 Å². The first-order valence-electron chi connectivity index (χ1n) is 13.7. The van der Waals surface area contributed by atoms with E-state index in [0.29, 0.717) is 29.4 Å². The van der Waals surface area contributed by atoms with Gasteiger partial charge in [-0.25, -0.2) is 9.59 Å². The average Bonchev–Trinajstić information content (AvgIpc) is 3.28. The van der Waals surface area contributed by atoms with Crippen molar-refractivity contribution >= 4 is 18.2 Å². The Balaban J connectivity index is 1.42. The van der Waals surface area contributed by atoms with E-state index in [0.717, 1.165) is 28.4 Å². The summed E-state index contributed by atoms with van der Waals surface area (Å²) in [6.45, 7) is 7.68. The Morgan fingerprint density at radius 3 is 2.51 bits per heavy atom. The summed E-state index contributed by atoms with van der Waals surface area (Å²) in [5, 5.41) is 20.0. The third-order valence-electron chi connectivity index (χ3n) is 6.90. The molecular weight excluding hydrogens is 554 g/mol. The fraction of sp³-hybridized carbons (Fsp3) is 0.323. The number of carbonyl (C=O) groups is 2. The topological polar surface area (TPSA) is 145 Å². The molecule has 0 fully saturated rings. The third kappa shape index (κ3) is 7.09. The van der Waals surface area contributed by atoms with Gasteiger partial charge in [0.05, 0.1) is 38.7 Å². The van der Waals surface area contributed by atoms with E-state index < -0.39 is 24.3 Å². The van der Waals surface area contributed by atoms with E-state index in [-0.39, 0.29) is 12.2 Å². The number of aromatic nitrogens is 1. The van der Waals surface area contributed by atoms with Crippen LogP contribution in [0.1, 0.15) is 42.4 Å². The van der Waals surface area contributed by atoms with E-state index in [2.05, 4.69) is 25.7 Å². The molecule has 2 aromatic carbocycles. The summed E-state index contributed by atoms with van der Waals surface area (Å²) in [7, 11) is 2.91. The van der Waals surface area contributed by atoms with Crippen LogP contribution in [0.25, 0.3) is 5.69 Å². The molecule has 228 valence electrons. The number of aryl methyl sites for hydroxylation is 1. The van der Waals surface area contributed by atoms with Gasteiger partial charge in [-0.1, -0.05) is 6.07 Å². The molecule has 1 aromatic heterocycles. The smallest absolute Gasteiger partial charge is 0.337 e. The van der Waals surface area contributed by atoms with Crippen molar-refractivity contribution in [1.29, 1.82) is 0 Å². The number of aliphatic hydroxyl groups excluding tert-OH is 1. The molecule has 4 rings (SSSR count). The van der Waals surface area contributed by atoms with Gasteiger partial charge in [0, 0.05) is 28.3 Å². The van der Waals surface area contributed by atoms with Crippen molar-refractivity contribution in [2.45, 2.75) is 40.0 Å². The number of methoxy groups -OCH3 is 2. The summed E-state index contributed by atoms with van der Waals surface area (Å²) in [5.74, 6) is 0.981. The van der Waals surface area contributed by atoms with Gasteiger partial charge in [-0.2, -0.15) is 5.10 Å². The lowest BCUT2D eigenvalue weighted by Gasteiger charge is -2.28. The van der Waals surface area contributed by atoms with Crippen molar-refractivity contribution in [3.63, 3.8) is 0 Å². The Bertz CT molecular complexity index is 1530. The number of amides is 2. The quantitative estimate of drug-likeness (QED) is 0.108. The first-order chi connectivity index (χ1) is 20.7. The van der Waals surface area contributed by atoms with Gasteiger partial charge in [-0.05, 0) is 75.7 Å². The molecule has 1 aliphatic heterocycles. The number of ether oxygens (including phenoxy) is 4. The monoisotopic (exact) mass is 591 g/mol. The van der Waals surface area contributed by atoms with Crippen molar-refractivity contribution in [3.05, 3.63) is 82.3 Å². The van der Waals surface area contributed by atoms with Crippen molar-refractivity contribution < 1.29 is 33.6 Å². The Hall–Kier alpha value is -4.97. The lowest BCUT2D eigenvalue weighted by molar-refractivity contribution is -0.136. The van der Waals surface area contributed by atoms with E-state index in [4.69, 9.17) is 18.9 Å². The lowest BCUT2D eigenvalue weighted by atomic mass is 9.95. The van der Waals surface area contributed by atoms with Crippen LogP contribution >= 0.6 is 0 Å². The second kappa shape index (κ2) is 13.8.